The zero-order valence-corrected chi connectivity index (χ0v) is 11.2. The van der Waals surface area contributed by atoms with E-state index < -0.39 is 0 Å². The molecule has 0 aromatic heterocycles. The van der Waals surface area contributed by atoms with E-state index in [1.165, 1.54) is 38.8 Å². The molecule has 1 heteroatoms. The Balaban J connectivity index is 1.56. The van der Waals surface area contributed by atoms with Gasteiger partial charge in [-0.25, -0.2) is 0 Å². The first-order valence-electron chi connectivity index (χ1n) is 7.06. The minimum atomic E-state index is 0.774. The second-order valence-electron chi connectivity index (χ2n) is 5.69. The highest BCUT2D eigenvalue weighted by Gasteiger charge is 2.24. The second-order valence-corrected chi connectivity index (χ2v) is 5.69. The summed E-state index contributed by atoms with van der Waals surface area (Å²) in [5, 5.41) is 3.60. The van der Waals surface area contributed by atoms with Crippen molar-refractivity contribution in [2.45, 2.75) is 45.4 Å². The smallest absolute Gasteiger partial charge is 0.00234 e. The molecule has 1 N–H and O–H groups in total. The van der Waals surface area contributed by atoms with Crippen molar-refractivity contribution < 1.29 is 0 Å². The number of benzene rings is 1. The van der Waals surface area contributed by atoms with Crippen molar-refractivity contribution >= 4 is 0 Å². The van der Waals surface area contributed by atoms with E-state index in [0.29, 0.717) is 0 Å². The van der Waals surface area contributed by atoms with Crippen molar-refractivity contribution in [1.82, 2.24) is 5.32 Å². The Labute approximate surface area is 106 Å². The number of hydrogen-bond acceptors (Lipinski definition) is 1. The van der Waals surface area contributed by atoms with Crippen molar-refractivity contribution in [3.05, 3.63) is 35.4 Å². The molecule has 1 nitrogen and oxygen atoms in total. The lowest BCUT2D eigenvalue weighted by molar-refractivity contribution is 0.494. The first-order chi connectivity index (χ1) is 8.27. The molecule has 0 spiro atoms. The summed E-state index contributed by atoms with van der Waals surface area (Å²) in [7, 11) is 0. The summed E-state index contributed by atoms with van der Waals surface area (Å²) in [6.07, 6.45) is 5.33. The van der Waals surface area contributed by atoms with Gasteiger partial charge in [-0.05, 0) is 36.4 Å². The maximum Gasteiger partial charge on any atom is 0.00234 e. The molecule has 1 aromatic rings. The van der Waals surface area contributed by atoms with Gasteiger partial charge in [0.15, 0.2) is 0 Å². The lowest BCUT2D eigenvalue weighted by Gasteiger charge is -2.30. The molecule has 1 unspecified atom stereocenters. The molecule has 1 atom stereocenters. The number of unbranched alkanes of at least 4 members (excludes halogenated alkanes) is 1. The van der Waals surface area contributed by atoms with Crippen molar-refractivity contribution in [2.24, 2.45) is 5.92 Å². The zero-order valence-electron chi connectivity index (χ0n) is 11.2. The Morgan fingerprint density at radius 2 is 2.06 bits per heavy atom. The fourth-order valence-electron chi connectivity index (χ4n) is 2.62. The first-order valence-corrected chi connectivity index (χ1v) is 7.06. The normalized spacial score (nSPS) is 17.9. The maximum atomic E-state index is 3.60. The van der Waals surface area contributed by atoms with Crippen LogP contribution in [0.3, 0.4) is 0 Å². The number of hydrogen-bond donors (Lipinski definition) is 1. The van der Waals surface area contributed by atoms with Gasteiger partial charge < -0.3 is 5.32 Å². The minimum absolute atomic E-state index is 0.774. The predicted octanol–water partition coefficient (Wildman–Crippen LogP) is 3.74. The van der Waals surface area contributed by atoms with Gasteiger partial charge in [0.25, 0.3) is 0 Å². The van der Waals surface area contributed by atoms with Crippen LogP contribution < -0.4 is 5.32 Å². The molecule has 0 radical (unpaired) electrons. The maximum absolute atomic E-state index is 3.60. The average Bonchev–Trinajstić information content (AvgIpc) is 2.28. The molecule has 0 saturated carbocycles. The number of fused-ring (bicyclic) bond motifs is 1. The topological polar surface area (TPSA) is 12.0 Å². The molecular formula is C16H25N. The molecule has 94 valence electrons. The van der Waals surface area contributed by atoms with Gasteiger partial charge in [-0.3, -0.25) is 0 Å². The molecule has 1 aliphatic carbocycles. The van der Waals surface area contributed by atoms with Gasteiger partial charge in [0, 0.05) is 12.5 Å². The minimum Gasteiger partial charge on any atom is -0.316 e. The van der Waals surface area contributed by atoms with Gasteiger partial charge in [0.1, 0.15) is 0 Å². The van der Waals surface area contributed by atoms with E-state index in [0.717, 1.165) is 11.8 Å². The Morgan fingerprint density at radius 3 is 2.82 bits per heavy atom. The van der Waals surface area contributed by atoms with Gasteiger partial charge in [-0.15, -0.1) is 0 Å². The van der Waals surface area contributed by atoms with E-state index in [2.05, 4.69) is 43.4 Å². The third kappa shape index (κ3) is 3.57. The number of nitrogens with one attached hydrogen (secondary N) is 1. The largest absolute Gasteiger partial charge is 0.316 e. The Morgan fingerprint density at radius 1 is 1.24 bits per heavy atom. The first kappa shape index (κ1) is 12.6. The second kappa shape index (κ2) is 6.20. The van der Waals surface area contributed by atoms with Crippen LogP contribution in [-0.4, -0.2) is 13.1 Å². The van der Waals surface area contributed by atoms with E-state index in [9.17, 15) is 0 Å². The Hall–Kier alpha value is -0.820. The molecule has 0 saturated heterocycles. The standard InChI is InChI=1S/C16H25N/c1-13(2)7-5-6-10-17-12-15-11-14-8-3-4-9-16(14)15/h3-4,8-9,13,15,17H,5-7,10-12H2,1-2H3. The molecule has 0 heterocycles. The van der Waals surface area contributed by atoms with E-state index in [4.69, 9.17) is 0 Å². The van der Waals surface area contributed by atoms with Crippen molar-refractivity contribution in [3.63, 3.8) is 0 Å². The SMILES string of the molecule is CC(C)CCCCNCC1Cc2ccccc21. The lowest BCUT2D eigenvalue weighted by Crippen LogP contribution is -2.29. The van der Waals surface area contributed by atoms with E-state index in [1.54, 1.807) is 11.1 Å². The van der Waals surface area contributed by atoms with Crippen molar-refractivity contribution in [2.75, 3.05) is 13.1 Å². The third-order valence-electron chi connectivity index (χ3n) is 3.74. The van der Waals surface area contributed by atoms with Gasteiger partial charge in [0.05, 0.1) is 0 Å². The highest BCUT2D eigenvalue weighted by atomic mass is 14.9. The Bertz CT molecular complexity index is 343. The van der Waals surface area contributed by atoms with E-state index >= 15 is 0 Å². The summed E-state index contributed by atoms with van der Waals surface area (Å²) in [5.74, 6) is 1.63. The molecule has 1 aromatic carbocycles. The quantitative estimate of drug-likeness (QED) is 0.705. The highest BCUT2D eigenvalue weighted by Crippen LogP contribution is 2.33. The van der Waals surface area contributed by atoms with Crippen LogP contribution in [0.15, 0.2) is 24.3 Å². The van der Waals surface area contributed by atoms with Crippen LogP contribution in [0.25, 0.3) is 0 Å². The van der Waals surface area contributed by atoms with Crippen LogP contribution in [0.1, 0.15) is 50.2 Å². The van der Waals surface area contributed by atoms with Gasteiger partial charge in [-0.1, -0.05) is 51.0 Å². The van der Waals surface area contributed by atoms with Crippen molar-refractivity contribution in [3.8, 4) is 0 Å². The zero-order chi connectivity index (χ0) is 12.1. The number of rotatable bonds is 7. The molecule has 0 bridgehead atoms. The van der Waals surface area contributed by atoms with Crippen LogP contribution in [0.4, 0.5) is 0 Å². The fraction of sp³-hybridized carbons (Fsp3) is 0.625. The summed E-state index contributed by atoms with van der Waals surface area (Å²) in [6.45, 7) is 6.96. The van der Waals surface area contributed by atoms with Gasteiger partial charge in [0.2, 0.25) is 0 Å². The summed E-state index contributed by atoms with van der Waals surface area (Å²) >= 11 is 0. The Kier molecular flexibility index (Phi) is 4.61. The lowest BCUT2D eigenvalue weighted by atomic mass is 9.77. The summed E-state index contributed by atoms with van der Waals surface area (Å²) in [6, 6.07) is 8.85. The fourth-order valence-corrected chi connectivity index (χ4v) is 2.62. The van der Waals surface area contributed by atoms with Crippen LogP contribution in [-0.2, 0) is 6.42 Å². The molecule has 2 rings (SSSR count). The van der Waals surface area contributed by atoms with E-state index in [1.807, 2.05) is 0 Å². The van der Waals surface area contributed by atoms with Crippen molar-refractivity contribution in [1.29, 1.82) is 0 Å². The molecule has 0 fully saturated rings. The van der Waals surface area contributed by atoms with Crippen LogP contribution in [0, 0.1) is 5.92 Å². The summed E-state index contributed by atoms with van der Waals surface area (Å²) in [4.78, 5) is 0. The molecule has 0 amide bonds. The average molecular weight is 231 g/mol. The van der Waals surface area contributed by atoms with Crippen LogP contribution in [0.2, 0.25) is 0 Å². The molecule has 1 aliphatic rings. The summed E-state index contributed by atoms with van der Waals surface area (Å²) in [5.41, 5.74) is 3.13. The molecule has 0 aliphatic heterocycles. The highest BCUT2D eigenvalue weighted by molar-refractivity contribution is 5.40. The molecular weight excluding hydrogens is 206 g/mol. The van der Waals surface area contributed by atoms with Gasteiger partial charge in [-0.2, -0.15) is 0 Å². The van der Waals surface area contributed by atoms with Crippen LogP contribution in [0.5, 0.6) is 0 Å². The monoisotopic (exact) mass is 231 g/mol. The molecule has 17 heavy (non-hydrogen) atoms. The van der Waals surface area contributed by atoms with Crippen LogP contribution >= 0.6 is 0 Å². The predicted molar refractivity (Wildman–Crippen MR) is 74.4 cm³/mol. The third-order valence-corrected chi connectivity index (χ3v) is 3.74. The summed E-state index contributed by atoms with van der Waals surface area (Å²) < 4.78 is 0. The van der Waals surface area contributed by atoms with Gasteiger partial charge >= 0.3 is 0 Å². The van der Waals surface area contributed by atoms with E-state index in [-0.39, 0.29) is 0 Å².